The lowest BCUT2D eigenvalue weighted by Gasteiger charge is -2.17. The van der Waals surface area contributed by atoms with Crippen molar-refractivity contribution in [2.75, 3.05) is 0 Å². The van der Waals surface area contributed by atoms with Crippen molar-refractivity contribution in [1.82, 2.24) is 0 Å². The van der Waals surface area contributed by atoms with Crippen molar-refractivity contribution in [2.45, 2.75) is 96.0 Å². The zero-order chi connectivity index (χ0) is 18.7. The van der Waals surface area contributed by atoms with Gasteiger partial charge in [-0.05, 0) is 38.3 Å². The molecule has 0 aliphatic carbocycles. The molecule has 0 aromatic heterocycles. The molecule has 0 aliphatic rings. The van der Waals surface area contributed by atoms with Crippen LogP contribution < -0.4 is 4.74 Å². The van der Waals surface area contributed by atoms with Crippen LogP contribution in [0.1, 0.15) is 83.6 Å². The third-order valence-corrected chi connectivity index (χ3v) is 5.35. The summed E-state index contributed by atoms with van der Waals surface area (Å²) in [7, 11) is -4.19. The predicted octanol–water partition coefficient (Wildman–Crippen LogP) is 5.93. The minimum Gasteiger partial charge on any atom is -0.490 e. The highest BCUT2D eigenvalue weighted by Gasteiger charge is 2.13. The van der Waals surface area contributed by atoms with Crippen molar-refractivity contribution in [2.24, 2.45) is 0 Å². The van der Waals surface area contributed by atoms with Crippen LogP contribution in [0.2, 0.25) is 0 Å². The van der Waals surface area contributed by atoms with Gasteiger partial charge in [0.05, 0.1) is 11.0 Å². The molecule has 4 nitrogen and oxygen atoms in total. The maximum absolute atomic E-state index is 11.2. The van der Waals surface area contributed by atoms with E-state index < -0.39 is 10.1 Å². The molecule has 0 radical (unpaired) electrons. The van der Waals surface area contributed by atoms with E-state index in [-0.39, 0.29) is 11.0 Å². The van der Waals surface area contributed by atoms with Crippen LogP contribution in [0.4, 0.5) is 0 Å². The summed E-state index contributed by atoms with van der Waals surface area (Å²) in [5.41, 5.74) is 0.867. The van der Waals surface area contributed by atoms with Gasteiger partial charge in [0, 0.05) is 6.07 Å². The zero-order valence-corrected chi connectivity index (χ0v) is 16.8. The quantitative estimate of drug-likeness (QED) is 0.345. The van der Waals surface area contributed by atoms with E-state index in [1.54, 1.807) is 6.07 Å². The van der Waals surface area contributed by atoms with E-state index >= 15 is 0 Å². The largest absolute Gasteiger partial charge is 0.490 e. The van der Waals surface area contributed by atoms with Gasteiger partial charge in [0.25, 0.3) is 10.1 Å². The van der Waals surface area contributed by atoms with Gasteiger partial charge in [-0.25, -0.2) is 0 Å². The summed E-state index contributed by atoms with van der Waals surface area (Å²) in [5.74, 6) is 0.526. The van der Waals surface area contributed by atoms with Crippen LogP contribution in [-0.2, 0) is 10.1 Å². The standard InChI is InChI=1S/C20H34O4S/c1-4-5-6-7-8-9-10-11-12-13-18(3)24-20-16-19(25(21,22)23)15-14-17(20)2/h14-16,18H,4-13H2,1-3H3,(H,21,22,23). The molecule has 0 amide bonds. The molecular formula is C20H34O4S. The third kappa shape index (κ3) is 9.26. The first-order chi connectivity index (χ1) is 11.8. The molecule has 0 fully saturated rings. The van der Waals surface area contributed by atoms with Gasteiger partial charge >= 0.3 is 0 Å². The van der Waals surface area contributed by atoms with Gasteiger partial charge in [-0.3, -0.25) is 4.55 Å². The Kier molecular flexibility index (Phi) is 10.1. The summed E-state index contributed by atoms with van der Waals surface area (Å²) < 4.78 is 37.5. The number of unbranched alkanes of at least 4 members (excludes halogenated alkanes) is 8. The second-order valence-electron chi connectivity index (χ2n) is 6.95. The van der Waals surface area contributed by atoms with E-state index in [0.29, 0.717) is 5.75 Å². The molecule has 0 spiro atoms. The summed E-state index contributed by atoms with van der Waals surface area (Å²) in [4.78, 5) is -0.122. The average molecular weight is 371 g/mol. The van der Waals surface area contributed by atoms with E-state index in [1.165, 1.54) is 63.5 Å². The molecular weight excluding hydrogens is 336 g/mol. The highest BCUT2D eigenvalue weighted by molar-refractivity contribution is 7.85. The molecule has 1 atom stereocenters. The SMILES string of the molecule is CCCCCCCCCCCC(C)Oc1cc(S(=O)(=O)O)ccc1C. The number of ether oxygens (including phenoxy) is 1. The Labute approximate surface area is 153 Å². The van der Waals surface area contributed by atoms with E-state index in [9.17, 15) is 8.42 Å². The molecule has 0 bridgehead atoms. The molecule has 144 valence electrons. The lowest BCUT2D eigenvalue weighted by Crippen LogP contribution is -2.13. The van der Waals surface area contributed by atoms with Crippen molar-refractivity contribution in [3.63, 3.8) is 0 Å². The molecule has 1 rings (SSSR count). The molecule has 0 aliphatic heterocycles. The minimum absolute atomic E-state index is 0.0277. The topological polar surface area (TPSA) is 63.6 Å². The van der Waals surface area contributed by atoms with Crippen LogP contribution in [0.5, 0.6) is 5.75 Å². The monoisotopic (exact) mass is 370 g/mol. The van der Waals surface area contributed by atoms with Crippen LogP contribution in [0.3, 0.4) is 0 Å². The van der Waals surface area contributed by atoms with E-state index in [2.05, 4.69) is 6.92 Å². The maximum atomic E-state index is 11.2. The highest BCUT2D eigenvalue weighted by atomic mass is 32.2. The van der Waals surface area contributed by atoms with Gasteiger partial charge in [0.15, 0.2) is 0 Å². The first kappa shape index (κ1) is 22.0. The second-order valence-corrected chi connectivity index (χ2v) is 8.37. The van der Waals surface area contributed by atoms with Crippen LogP contribution in [0, 0.1) is 6.92 Å². The van der Waals surface area contributed by atoms with Crippen molar-refractivity contribution in [3.8, 4) is 5.75 Å². The summed E-state index contributed by atoms with van der Waals surface area (Å²) in [6, 6.07) is 4.45. The highest BCUT2D eigenvalue weighted by Crippen LogP contribution is 2.24. The van der Waals surface area contributed by atoms with Crippen LogP contribution in [-0.4, -0.2) is 19.1 Å². The molecule has 1 unspecified atom stereocenters. The van der Waals surface area contributed by atoms with Crippen molar-refractivity contribution in [1.29, 1.82) is 0 Å². The van der Waals surface area contributed by atoms with Crippen LogP contribution in [0.15, 0.2) is 23.1 Å². The minimum atomic E-state index is -4.19. The first-order valence-electron chi connectivity index (χ1n) is 9.59. The Balaban J connectivity index is 2.27. The lowest BCUT2D eigenvalue weighted by molar-refractivity contribution is 0.204. The molecule has 1 N–H and O–H groups in total. The van der Waals surface area contributed by atoms with Gasteiger partial charge in [-0.2, -0.15) is 8.42 Å². The summed E-state index contributed by atoms with van der Waals surface area (Å²) in [5, 5.41) is 0. The van der Waals surface area contributed by atoms with Gasteiger partial charge in [0.2, 0.25) is 0 Å². The summed E-state index contributed by atoms with van der Waals surface area (Å²) in [6.45, 7) is 6.11. The number of hydrogen-bond donors (Lipinski definition) is 1. The molecule has 1 aromatic carbocycles. The fraction of sp³-hybridized carbons (Fsp3) is 0.700. The number of benzene rings is 1. The molecule has 0 saturated heterocycles. The normalized spacial score (nSPS) is 13.0. The Morgan fingerprint density at radius 2 is 1.56 bits per heavy atom. The van der Waals surface area contributed by atoms with Gasteiger partial charge in [0.1, 0.15) is 5.75 Å². The second kappa shape index (κ2) is 11.5. The number of aryl methyl sites for hydroxylation is 1. The van der Waals surface area contributed by atoms with E-state index in [1.807, 2.05) is 13.8 Å². The predicted molar refractivity (Wildman–Crippen MR) is 103 cm³/mol. The van der Waals surface area contributed by atoms with Gasteiger partial charge in [-0.15, -0.1) is 0 Å². The summed E-state index contributed by atoms with van der Waals surface area (Å²) in [6.07, 6.45) is 12.6. The number of rotatable bonds is 13. The average Bonchev–Trinajstić information content (AvgIpc) is 2.54. The molecule has 0 saturated carbocycles. The van der Waals surface area contributed by atoms with Crippen LogP contribution in [0.25, 0.3) is 0 Å². The van der Waals surface area contributed by atoms with Crippen molar-refractivity contribution >= 4 is 10.1 Å². The third-order valence-electron chi connectivity index (χ3n) is 4.50. The van der Waals surface area contributed by atoms with Gasteiger partial charge < -0.3 is 4.74 Å². The molecule has 25 heavy (non-hydrogen) atoms. The van der Waals surface area contributed by atoms with Gasteiger partial charge in [-0.1, -0.05) is 64.4 Å². The fourth-order valence-corrected chi connectivity index (χ4v) is 3.38. The summed E-state index contributed by atoms with van der Waals surface area (Å²) >= 11 is 0. The van der Waals surface area contributed by atoms with Crippen molar-refractivity contribution in [3.05, 3.63) is 23.8 Å². The van der Waals surface area contributed by atoms with Crippen molar-refractivity contribution < 1.29 is 17.7 Å². The molecule has 5 heteroatoms. The van der Waals surface area contributed by atoms with Crippen LogP contribution >= 0.6 is 0 Å². The first-order valence-corrected chi connectivity index (χ1v) is 11.0. The Hall–Kier alpha value is -1.07. The molecule has 0 heterocycles. The number of hydrogen-bond acceptors (Lipinski definition) is 3. The Morgan fingerprint density at radius 3 is 2.12 bits per heavy atom. The Morgan fingerprint density at radius 1 is 1.00 bits per heavy atom. The Bertz CT molecular complexity index is 596. The maximum Gasteiger partial charge on any atom is 0.294 e. The molecule has 1 aromatic rings. The lowest BCUT2D eigenvalue weighted by atomic mass is 10.1. The van der Waals surface area contributed by atoms with E-state index in [4.69, 9.17) is 9.29 Å². The fourth-order valence-electron chi connectivity index (χ4n) is 2.89. The van der Waals surface area contributed by atoms with E-state index in [0.717, 1.165) is 18.4 Å². The zero-order valence-electron chi connectivity index (χ0n) is 16.0. The smallest absolute Gasteiger partial charge is 0.294 e.